The van der Waals surface area contributed by atoms with E-state index in [1.54, 1.807) is 6.08 Å². The van der Waals surface area contributed by atoms with Gasteiger partial charge in [0.15, 0.2) is 0 Å². The molecule has 0 spiro atoms. The molecule has 1 fully saturated rings. The Hall–Kier alpha value is -1.19. The smallest absolute Gasteiger partial charge is 0.0547 e. The van der Waals surface area contributed by atoms with Gasteiger partial charge in [-0.2, -0.15) is 0 Å². The third kappa shape index (κ3) is 4.89. The van der Waals surface area contributed by atoms with Gasteiger partial charge in [0.2, 0.25) is 0 Å². The largest absolute Gasteiger partial charge is 0.316 e. The van der Waals surface area contributed by atoms with Crippen LogP contribution in [-0.2, 0) is 0 Å². The molecule has 3 atom stereocenters. The summed E-state index contributed by atoms with van der Waals surface area (Å²) < 4.78 is 0. The third-order valence-corrected chi connectivity index (χ3v) is 5.18. The van der Waals surface area contributed by atoms with Gasteiger partial charge in [-0.15, -0.1) is 0 Å². The van der Waals surface area contributed by atoms with Crippen molar-refractivity contribution in [2.24, 2.45) is 22.7 Å². The van der Waals surface area contributed by atoms with Crippen molar-refractivity contribution >= 4 is 24.0 Å². The molecule has 0 radical (unpaired) electrons. The van der Waals surface area contributed by atoms with E-state index < -0.39 is 0 Å². The molecule has 0 bridgehead atoms. The van der Waals surface area contributed by atoms with Crippen molar-refractivity contribution in [3.8, 4) is 0 Å². The van der Waals surface area contributed by atoms with Crippen molar-refractivity contribution in [1.82, 2.24) is 5.32 Å². The average molecular weight is 334 g/mol. The van der Waals surface area contributed by atoms with Crippen LogP contribution in [0.25, 0.3) is 0 Å². The third-order valence-electron chi connectivity index (χ3n) is 4.81. The number of rotatable bonds is 9. The van der Waals surface area contributed by atoms with Gasteiger partial charge in [-0.25, -0.2) is 0 Å². The maximum absolute atomic E-state index is 7.57. The highest BCUT2D eigenvalue weighted by Gasteiger charge is 2.34. The summed E-state index contributed by atoms with van der Waals surface area (Å²) in [5, 5.41) is 11.9. The minimum Gasteiger partial charge on any atom is -0.316 e. The minimum atomic E-state index is 0.410. The van der Waals surface area contributed by atoms with E-state index in [0.717, 1.165) is 55.1 Å². The van der Waals surface area contributed by atoms with Crippen molar-refractivity contribution in [1.29, 1.82) is 5.41 Å². The SMILES string of the molecule is C=C/C=C(\C=N)C1CCC1CC1=C(Cl)CC(CNCCC)C=N1. The minimum absolute atomic E-state index is 0.410. The predicted octanol–water partition coefficient (Wildman–Crippen LogP) is 4.71. The van der Waals surface area contributed by atoms with Crippen molar-refractivity contribution < 1.29 is 0 Å². The Morgan fingerprint density at radius 2 is 2.35 bits per heavy atom. The van der Waals surface area contributed by atoms with Gasteiger partial charge >= 0.3 is 0 Å². The first-order valence-electron chi connectivity index (χ1n) is 8.65. The van der Waals surface area contributed by atoms with Crippen molar-refractivity contribution in [3.63, 3.8) is 0 Å². The summed E-state index contributed by atoms with van der Waals surface area (Å²) in [5.41, 5.74) is 2.13. The first-order valence-corrected chi connectivity index (χ1v) is 9.02. The normalized spacial score (nSPS) is 27.7. The summed E-state index contributed by atoms with van der Waals surface area (Å²) in [4.78, 5) is 4.64. The van der Waals surface area contributed by atoms with Gasteiger partial charge in [-0.05, 0) is 56.1 Å². The number of nitrogens with one attached hydrogen (secondary N) is 2. The summed E-state index contributed by atoms with van der Waals surface area (Å²) in [6.45, 7) is 7.91. The molecule has 0 aromatic rings. The number of nitrogens with zero attached hydrogens (tertiary/aromatic N) is 1. The van der Waals surface area contributed by atoms with Gasteiger partial charge in [0.05, 0.1) is 5.70 Å². The Morgan fingerprint density at radius 1 is 1.52 bits per heavy atom. The molecule has 1 heterocycles. The Balaban J connectivity index is 1.90. The van der Waals surface area contributed by atoms with Gasteiger partial charge < -0.3 is 10.7 Å². The Bertz CT molecular complexity index is 519. The van der Waals surface area contributed by atoms with Crippen LogP contribution in [0, 0.1) is 23.2 Å². The van der Waals surface area contributed by atoms with Gasteiger partial charge in [0.25, 0.3) is 0 Å². The molecule has 1 aliphatic heterocycles. The highest BCUT2D eigenvalue weighted by atomic mass is 35.5. The lowest BCUT2D eigenvalue weighted by Gasteiger charge is -2.38. The highest BCUT2D eigenvalue weighted by Crippen LogP contribution is 2.44. The second-order valence-electron chi connectivity index (χ2n) is 6.49. The maximum Gasteiger partial charge on any atom is 0.0547 e. The molecule has 0 amide bonds. The van der Waals surface area contributed by atoms with E-state index in [1.165, 1.54) is 12.6 Å². The van der Waals surface area contributed by atoms with Crippen LogP contribution >= 0.6 is 11.6 Å². The van der Waals surface area contributed by atoms with Crippen LogP contribution < -0.4 is 5.32 Å². The van der Waals surface area contributed by atoms with Crippen molar-refractivity contribution in [3.05, 3.63) is 35.0 Å². The fraction of sp³-hybridized carbons (Fsp3) is 0.579. The molecule has 126 valence electrons. The van der Waals surface area contributed by atoms with Crippen molar-refractivity contribution in [2.75, 3.05) is 13.1 Å². The van der Waals surface area contributed by atoms with Crippen LogP contribution in [0.1, 0.15) is 39.0 Å². The molecule has 1 saturated carbocycles. The second-order valence-corrected chi connectivity index (χ2v) is 6.95. The fourth-order valence-electron chi connectivity index (χ4n) is 3.33. The fourth-order valence-corrected chi connectivity index (χ4v) is 3.66. The molecule has 0 aromatic heterocycles. The second kappa shape index (κ2) is 9.19. The van der Waals surface area contributed by atoms with E-state index >= 15 is 0 Å². The van der Waals surface area contributed by atoms with E-state index in [9.17, 15) is 0 Å². The summed E-state index contributed by atoms with van der Waals surface area (Å²) in [5.74, 6) is 1.42. The number of aliphatic imine (C=N–C) groups is 1. The average Bonchev–Trinajstić information content (AvgIpc) is 2.52. The number of halogens is 1. The highest BCUT2D eigenvalue weighted by molar-refractivity contribution is 6.30. The lowest BCUT2D eigenvalue weighted by molar-refractivity contribution is 0.218. The number of allylic oxidation sites excluding steroid dienone is 5. The Labute approximate surface area is 145 Å². The first kappa shape index (κ1) is 18.2. The maximum atomic E-state index is 7.57. The molecule has 4 heteroatoms. The predicted molar refractivity (Wildman–Crippen MR) is 101 cm³/mol. The summed E-state index contributed by atoms with van der Waals surface area (Å²) >= 11 is 6.50. The Morgan fingerprint density at radius 3 is 2.91 bits per heavy atom. The zero-order chi connectivity index (χ0) is 16.7. The van der Waals surface area contributed by atoms with Gasteiger partial charge in [0.1, 0.15) is 0 Å². The molecule has 1 aliphatic carbocycles. The standard InChI is InChI=1S/C19H28ClN3/c1-3-5-16(11-21)17-7-6-15(17)10-19-18(20)9-14(13-23-19)12-22-8-4-2/h3,5,11,13-15,17,21-22H,1,4,6-10,12H2,2H3/b16-5+,21-11?. The van der Waals surface area contributed by atoms with Crippen LogP contribution in [-0.4, -0.2) is 25.5 Å². The van der Waals surface area contributed by atoms with Crippen LogP contribution in [0.3, 0.4) is 0 Å². The molecule has 0 aromatic carbocycles. The van der Waals surface area contributed by atoms with Gasteiger partial charge in [0, 0.05) is 29.9 Å². The van der Waals surface area contributed by atoms with E-state index in [0.29, 0.717) is 17.8 Å². The van der Waals surface area contributed by atoms with E-state index in [4.69, 9.17) is 17.0 Å². The lowest BCUT2D eigenvalue weighted by Crippen LogP contribution is -2.29. The van der Waals surface area contributed by atoms with E-state index in [1.807, 2.05) is 6.08 Å². The number of hydrogen-bond donors (Lipinski definition) is 2. The first-order chi connectivity index (χ1) is 11.2. The summed E-state index contributed by atoms with van der Waals surface area (Å²) in [6, 6.07) is 0. The Kier molecular flexibility index (Phi) is 7.25. The van der Waals surface area contributed by atoms with Crippen molar-refractivity contribution in [2.45, 2.75) is 39.0 Å². The van der Waals surface area contributed by atoms with E-state index in [-0.39, 0.29) is 0 Å². The lowest BCUT2D eigenvalue weighted by atomic mass is 9.67. The molecule has 2 aliphatic rings. The number of hydrogen-bond acceptors (Lipinski definition) is 3. The topological polar surface area (TPSA) is 48.2 Å². The molecule has 23 heavy (non-hydrogen) atoms. The van der Waals surface area contributed by atoms with Crippen LogP contribution in [0.2, 0.25) is 0 Å². The van der Waals surface area contributed by atoms with Gasteiger partial charge in [-0.1, -0.05) is 37.3 Å². The molecule has 3 nitrogen and oxygen atoms in total. The monoisotopic (exact) mass is 333 g/mol. The zero-order valence-corrected chi connectivity index (χ0v) is 14.8. The molecular weight excluding hydrogens is 306 g/mol. The van der Waals surface area contributed by atoms with Crippen LogP contribution in [0.5, 0.6) is 0 Å². The summed E-state index contributed by atoms with van der Waals surface area (Å²) in [6.07, 6.45) is 12.6. The molecule has 3 unspecified atom stereocenters. The molecule has 0 saturated heterocycles. The molecule has 2 N–H and O–H groups in total. The molecular formula is C19H28ClN3. The summed E-state index contributed by atoms with van der Waals surface area (Å²) in [7, 11) is 0. The van der Waals surface area contributed by atoms with Gasteiger partial charge in [-0.3, -0.25) is 4.99 Å². The molecule has 2 rings (SSSR count). The van der Waals surface area contributed by atoms with Crippen LogP contribution in [0.4, 0.5) is 0 Å². The quantitative estimate of drug-likeness (QED) is 0.358. The zero-order valence-electron chi connectivity index (χ0n) is 14.0. The van der Waals surface area contributed by atoms with Crippen LogP contribution in [0.15, 0.2) is 40.0 Å². The van der Waals surface area contributed by atoms with E-state index in [2.05, 4.69) is 30.0 Å².